The van der Waals surface area contributed by atoms with Crippen LogP contribution in [0.3, 0.4) is 0 Å². The summed E-state index contributed by atoms with van der Waals surface area (Å²) < 4.78 is 0. The first kappa shape index (κ1) is 33.6. The predicted octanol–water partition coefficient (Wildman–Crippen LogP) is -2.22. The van der Waals surface area contributed by atoms with Gasteiger partial charge in [0.2, 0.25) is 23.6 Å². The Morgan fingerprint density at radius 1 is 0.925 bits per heavy atom. The van der Waals surface area contributed by atoms with E-state index >= 15 is 0 Å². The summed E-state index contributed by atoms with van der Waals surface area (Å²) in [5.74, 6) is -4.95. The molecule has 0 bridgehead atoms. The van der Waals surface area contributed by atoms with E-state index in [2.05, 4.69) is 20.9 Å². The number of amides is 4. The summed E-state index contributed by atoms with van der Waals surface area (Å²) in [4.78, 5) is 65.9. The smallest absolute Gasteiger partial charge is 0.326 e. The molecule has 0 aliphatic carbocycles. The fraction of sp³-hybridized carbons (Fsp3) is 0.520. The molecule has 40 heavy (non-hydrogen) atoms. The Bertz CT molecular complexity index is 1060. The van der Waals surface area contributed by atoms with Gasteiger partial charge in [-0.05, 0) is 36.5 Å². The molecular formula is C25H40N8O7. The van der Waals surface area contributed by atoms with Gasteiger partial charge in [0.25, 0.3) is 0 Å². The Hall–Kier alpha value is -4.40. The first-order chi connectivity index (χ1) is 18.7. The molecule has 15 nitrogen and oxygen atoms in total. The van der Waals surface area contributed by atoms with Crippen LogP contribution in [0.15, 0.2) is 29.3 Å². The standard InChI is InChI=1S/C25H40N8O7/c1-3-13(2)20(24(39)40)33-23(38)18(11-14-6-8-15(34)9-7-14)32-22(37)17(5-4-10-30-25(28)29)31-21(36)16(26)12-19(27)35/h6-9,13,16-18,20,34H,3-5,10-12,26H2,1-2H3,(H2,27,35)(H,31,36)(H,32,37)(H,33,38)(H,39,40)(H4,28,29,30). The summed E-state index contributed by atoms with van der Waals surface area (Å²) in [7, 11) is 0. The van der Waals surface area contributed by atoms with Crippen LogP contribution >= 0.6 is 0 Å². The van der Waals surface area contributed by atoms with Crippen molar-refractivity contribution in [2.24, 2.45) is 33.8 Å². The predicted molar refractivity (Wildman–Crippen MR) is 146 cm³/mol. The Morgan fingerprint density at radius 2 is 1.50 bits per heavy atom. The number of phenols is 1. The molecule has 13 N–H and O–H groups in total. The Balaban J connectivity index is 3.22. The van der Waals surface area contributed by atoms with Gasteiger partial charge in [0.15, 0.2) is 5.96 Å². The number of carboxylic acid groups (broad SMARTS) is 1. The van der Waals surface area contributed by atoms with Crippen molar-refractivity contribution in [3.8, 4) is 5.75 Å². The van der Waals surface area contributed by atoms with Crippen molar-refractivity contribution < 1.29 is 34.2 Å². The van der Waals surface area contributed by atoms with Crippen molar-refractivity contribution in [1.82, 2.24) is 16.0 Å². The van der Waals surface area contributed by atoms with Crippen molar-refractivity contribution >= 4 is 35.6 Å². The fourth-order valence-corrected chi connectivity index (χ4v) is 3.65. The number of aliphatic imine (C=N–C) groups is 1. The molecule has 1 rings (SSSR count). The van der Waals surface area contributed by atoms with E-state index in [1.165, 1.54) is 12.1 Å². The molecule has 0 spiro atoms. The zero-order valence-electron chi connectivity index (χ0n) is 22.6. The van der Waals surface area contributed by atoms with E-state index in [9.17, 15) is 34.2 Å². The summed E-state index contributed by atoms with van der Waals surface area (Å²) in [6.07, 6.45) is 0.259. The molecule has 0 radical (unpaired) electrons. The number of carbonyl (C=O) groups is 5. The summed E-state index contributed by atoms with van der Waals surface area (Å²) in [6.45, 7) is 3.59. The van der Waals surface area contributed by atoms with Gasteiger partial charge in [-0.15, -0.1) is 0 Å². The van der Waals surface area contributed by atoms with Crippen LogP contribution in [-0.4, -0.2) is 76.5 Å². The molecule has 5 unspecified atom stereocenters. The topological polar surface area (TPSA) is 278 Å². The molecular weight excluding hydrogens is 524 g/mol. The molecule has 0 aliphatic heterocycles. The van der Waals surface area contributed by atoms with Crippen LogP contribution in [0.25, 0.3) is 0 Å². The number of nitrogens with two attached hydrogens (primary N) is 4. The zero-order valence-corrected chi connectivity index (χ0v) is 22.6. The lowest BCUT2D eigenvalue weighted by Gasteiger charge is -2.26. The Labute approximate surface area is 232 Å². The Morgan fingerprint density at radius 3 is 2.02 bits per heavy atom. The van der Waals surface area contributed by atoms with E-state index in [0.717, 1.165) is 0 Å². The number of nitrogens with one attached hydrogen (secondary N) is 3. The number of guanidine groups is 1. The van der Waals surface area contributed by atoms with Crippen molar-refractivity contribution in [3.63, 3.8) is 0 Å². The fourth-order valence-electron chi connectivity index (χ4n) is 3.65. The number of carboxylic acids is 1. The number of hydrogen-bond donors (Lipinski definition) is 9. The highest BCUT2D eigenvalue weighted by molar-refractivity contribution is 5.95. The quantitative estimate of drug-likeness (QED) is 0.0558. The molecule has 0 saturated heterocycles. The number of rotatable bonds is 17. The Kier molecular flexibility index (Phi) is 13.9. The van der Waals surface area contributed by atoms with Gasteiger partial charge in [0.1, 0.15) is 23.9 Å². The van der Waals surface area contributed by atoms with Gasteiger partial charge in [0, 0.05) is 13.0 Å². The van der Waals surface area contributed by atoms with Gasteiger partial charge in [-0.1, -0.05) is 32.4 Å². The first-order valence-electron chi connectivity index (χ1n) is 12.8. The van der Waals surface area contributed by atoms with Crippen LogP contribution in [0.2, 0.25) is 0 Å². The van der Waals surface area contributed by atoms with E-state index < -0.39 is 66.1 Å². The number of aromatic hydroxyl groups is 1. The normalized spacial score (nSPS) is 14.5. The minimum Gasteiger partial charge on any atom is -0.508 e. The number of primary amides is 1. The third kappa shape index (κ3) is 12.0. The van der Waals surface area contributed by atoms with Crippen molar-refractivity contribution in [2.45, 2.75) is 70.1 Å². The summed E-state index contributed by atoms with van der Waals surface area (Å²) in [5, 5.41) is 26.7. The molecule has 0 fully saturated rings. The maximum atomic E-state index is 13.3. The lowest BCUT2D eigenvalue weighted by Crippen LogP contribution is -2.58. The van der Waals surface area contributed by atoms with E-state index in [-0.39, 0.29) is 37.5 Å². The van der Waals surface area contributed by atoms with E-state index in [1.54, 1.807) is 26.0 Å². The van der Waals surface area contributed by atoms with Gasteiger partial charge in [-0.3, -0.25) is 24.2 Å². The average molecular weight is 565 g/mol. The van der Waals surface area contributed by atoms with Crippen LogP contribution in [0, 0.1) is 5.92 Å². The highest BCUT2D eigenvalue weighted by atomic mass is 16.4. The molecule has 4 amide bonds. The largest absolute Gasteiger partial charge is 0.508 e. The van der Waals surface area contributed by atoms with Crippen LogP contribution in [0.1, 0.15) is 45.1 Å². The number of hydrogen-bond acceptors (Lipinski definition) is 8. The van der Waals surface area contributed by atoms with Gasteiger partial charge in [-0.25, -0.2) is 4.79 Å². The minimum absolute atomic E-state index is 0.00708. The highest BCUT2D eigenvalue weighted by Crippen LogP contribution is 2.13. The molecule has 0 aliphatic rings. The van der Waals surface area contributed by atoms with E-state index in [0.29, 0.717) is 12.0 Å². The molecule has 0 saturated carbocycles. The second-order valence-corrected chi connectivity index (χ2v) is 9.43. The van der Waals surface area contributed by atoms with Gasteiger partial charge in [-0.2, -0.15) is 0 Å². The number of nitrogens with zero attached hydrogens (tertiary/aromatic N) is 1. The monoisotopic (exact) mass is 564 g/mol. The maximum Gasteiger partial charge on any atom is 0.326 e. The second-order valence-electron chi connectivity index (χ2n) is 9.43. The highest BCUT2D eigenvalue weighted by Gasteiger charge is 2.32. The van der Waals surface area contributed by atoms with Crippen LogP contribution in [0.5, 0.6) is 5.75 Å². The summed E-state index contributed by atoms with van der Waals surface area (Å²) in [5.41, 5.74) is 22.0. The average Bonchev–Trinajstić information content (AvgIpc) is 2.88. The molecule has 15 heteroatoms. The maximum absolute atomic E-state index is 13.3. The number of phenolic OH excluding ortho intramolecular Hbond substituents is 1. The van der Waals surface area contributed by atoms with Crippen molar-refractivity contribution in [1.29, 1.82) is 0 Å². The van der Waals surface area contributed by atoms with Crippen molar-refractivity contribution in [2.75, 3.05) is 6.54 Å². The van der Waals surface area contributed by atoms with Crippen LogP contribution in [0.4, 0.5) is 0 Å². The lowest BCUT2D eigenvalue weighted by molar-refractivity contribution is -0.143. The number of benzene rings is 1. The molecule has 1 aromatic rings. The minimum atomic E-state index is -1.31. The number of aliphatic carboxylic acids is 1. The molecule has 222 valence electrons. The molecule has 0 heterocycles. The SMILES string of the molecule is CCC(C)C(NC(=O)C(Cc1ccc(O)cc1)NC(=O)C(CCCN=C(N)N)NC(=O)C(N)CC(N)=O)C(=O)O. The molecule has 5 atom stereocenters. The lowest BCUT2D eigenvalue weighted by atomic mass is 9.98. The third-order valence-electron chi connectivity index (χ3n) is 6.12. The van der Waals surface area contributed by atoms with E-state index in [4.69, 9.17) is 22.9 Å². The first-order valence-corrected chi connectivity index (χ1v) is 12.8. The molecule has 1 aromatic carbocycles. The zero-order chi connectivity index (χ0) is 30.4. The summed E-state index contributed by atoms with van der Waals surface area (Å²) in [6, 6.07) is 0.910. The summed E-state index contributed by atoms with van der Waals surface area (Å²) >= 11 is 0. The second kappa shape index (κ2) is 16.5. The van der Waals surface area contributed by atoms with Crippen molar-refractivity contribution in [3.05, 3.63) is 29.8 Å². The van der Waals surface area contributed by atoms with Gasteiger partial charge in [0.05, 0.1) is 12.5 Å². The molecule has 0 aromatic heterocycles. The van der Waals surface area contributed by atoms with E-state index in [1.807, 2.05) is 0 Å². The van der Waals surface area contributed by atoms with Crippen LogP contribution < -0.4 is 38.9 Å². The van der Waals surface area contributed by atoms with Crippen LogP contribution in [-0.2, 0) is 30.4 Å². The van der Waals surface area contributed by atoms with Gasteiger partial charge >= 0.3 is 5.97 Å². The van der Waals surface area contributed by atoms with Gasteiger partial charge < -0.3 is 49.1 Å². The number of carbonyl (C=O) groups excluding carboxylic acids is 4. The third-order valence-corrected chi connectivity index (χ3v) is 6.12.